The molecule has 6 heteroatoms. The van der Waals surface area contributed by atoms with Gasteiger partial charge in [-0.3, -0.25) is 14.4 Å². The number of aromatic nitrogens is 1. The Morgan fingerprint density at radius 2 is 2.05 bits per heavy atom. The van der Waals surface area contributed by atoms with Crippen molar-refractivity contribution in [3.63, 3.8) is 0 Å². The number of pyridine rings is 1. The molecule has 0 aliphatic carbocycles. The molecule has 1 aromatic carbocycles. The minimum atomic E-state index is -0.891. The summed E-state index contributed by atoms with van der Waals surface area (Å²) in [5, 5.41) is 9.50. The number of carbonyl (C=O) groups excluding carboxylic acids is 1. The molecule has 2 N–H and O–H groups in total. The van der Waals surface area contributed by atoms with Crippen molar-refractivity contribution in [1.29, 1.82) is 0 Å². The molecule has 0 bridgehead atoms. The van der Waals surface area contributed by atoms with Crippen LogP contribution in [0.4, 0.5) is 0 Å². The summed E-state index contributed by atoms with van der Waals surface area (Å²) in [7, 11) is 0. The van der Waals surface area contributed by atoms with E-state index >= 15 is 0 Å². The average molecular weight is 286 g/mol. The van der Waals surface area contributed by atoms with Crippen molar-refractivity contribution in [3.8, 4) is 0 Å². The molecular formula is C15H14N2O4. The molecule has 108 valence electrons. The van der Waals surface area contributed by atoms with Crippen LogP contribution < -0.4 is 5.43 Å². The number of para-hydroxylation sites is 1. The number of aromatic amines is 1. The smallest absolute Gasteiger partial charge is 0.308 e. The van der Waals surface area contributed by atoms with Gasteiger partial charge < -0.3 is 15.0 Å². The summed E-state index contributed by atoms with van der Waals surface area (Å²) in [4.78, 5) is 39.7. The van der Waals surface area contributed by atoms with Gasteiger partial charge in [0, 0.05) is 30.1 Å². The Labute approximate surface area is 120 Å². The quantitative estimate of drug-likeness (QED) is 0.864. The monoisotopic (exact) mass is 286 g/mol. The lowest BCUT2D eigenvalue weighted by Crippen LogP contribution is -2.31. The lowest BCUT2D eigenvalue weighted by Gasteiger charge is -2.15. The van der Waals surface area contributed by atoms with Gasteiger partial charge in [0.2, 0.25) is 0 Å². The molecule has 2 aromatic rings. The second-order valence-electron chi connectivity index (χ2n) is 5.17. The molecule has 2 heterocycles. The van der Waals surface area contributed by atoms with Crippen LogP contribution >= 0.6 is 0 Å². The minimum absolute atomic E-state index is 0.184. The largest absolute Gasteiger partial charge is 0.481 e. The molecule has 0 saturated carbocycles. The van der Waals surface area contributed by atoms with E-state index in [0.717, 1.165) is 0 Å². The molecule has 21 heavy (non-hydrogen) atoms. The third-order valence-electron chi connectivity index (χ3n) is 3.79. The zero-order valence-electron chi connectivity index (χ0n) is 11.2. The van der Waals surface area contributed by atoms with Gasteiger partial charge >= 0.3 is 5.97 Å². The highest BCUT2D eigenvalue weighted by Crippen LogP contribution is 2.18. The molecule has 1 amide bonds. The van der Waals surface area contributed by atoms with E-state index in [2.05, 4.69) is 4.98 Å². The van der Waals surface area contributed by atoms with Crippen LogP contribution in [0.2, 0.25) is 0 Å². The molecule has 1 aliphatic heterocycles. The maximum Gasteiger partial charge on any atom is 0.308 e. The number of hydrogen-bond donors (Lipinski definition) is 2. The lowest BCUT2D eigenvalue weighted by atomic mass is 10.1. The van der Waals surface area contributed by atoms with Gasteiger partial charge in [0.1, 0.15) is 5.69 Å². The van der Waals surface area contributed by atoms with Crippen LogP contribution in [-0.4, -0.2) is 40.0 Å². The van der Waals surface area contributed by atoms with E-state index in [0.29, 0.717) is 23.9 Å². The number of benzene rings is 1. The summed E-state index contributed by atoms with van der Waals surface area (Å²) >= 11 is 0. The van der Waals surface area contributed by atoms with E-state index in [9.17, 15) is 14.4 Å². The summed E-state index contributed by atoms with van der Waals surface area (Å²) in [6.45, 7) is 0.577. The van der Waals surface area contributed by atoms with Gasteiger partial charge in [-0.1, -0.05) is 12.1 Å². The van der Waals surface area contributed by atoms with Crippen molar-refractivity contribution in [2.24, 2.45) is 5.92 Å². The summed E-state index contributed by atoms with van der Waals surface area (Å²) in [5.41, 5.74) is 0.578. The number of carboxylic acid groups (broad SMARTS) is 1. The molecular weight excluding hydrogens is 272 g/mol. The minimum Gasteiger partial charge on any atom is -0.481 e. The van der Waals surface area contributed by atoms with Crippen LogP contribution in [0.15, 0.2) is 35.1 Å². The maximum absolute atomic E-state index is 12.4. The second kappa shape index (κ2) is 5.05. The first-order valence-electron chi connectivity index (χ1n) is 6.70. The third kappa shape index (κ3) is 2.40. The van der Waals surface area contributed by atoms with Gasteiger partial charge in [0.25, 0.3) is 5.91 Å². The van der Waals surface area contributed by atoms with E-state index < -0.39 is 11.9 Å². The number of nitrogens with one attached hydrogen (secondary N) is 1. The topological polar surface area (TPSA) is 90.5 Å². The number of nitrogens with zero attached hydrogens (tertiary/aromatic N) is 1. The maximum atomic E-state index is 12.4. The number of carboxylic acids is 1. The van der Waals surface area contributed by atoms with Gasteiger partial charge in [-0.25, -0.2) is 0 Å². The van der Waals surface area contributed by atoms with Crippen LogP contribution in [0.3, 0.4) is 0 Å². The van der Waals surface area contributed by atoms with Crippen LogP contribution in [0, 0.1) is 5.92 Å². The van der Waals surface area contributed by atoms with Crippen LogP contribution in [0.5, 0.6) is 0 Å². The van der Waals surface area contributed by atoms with Gasteiger partial charge in [0.15, 0.2) is 5.43 Å². The molecule has 1 fully saturated rings. The highest BCUT2D eigenvalue weighted by Gasteiger charge is 2.31. The molecule has 1 aliphatic rings. The summed E-state index contributed by atoms with van der Waals surface area (Å²) < 4.78 is 0. The number of aliphatic carboxylic acids is 1. The molecule has 0 spiro atoms. The molecule has 1 unspecified atom stereocenters. The van der Waals surface area contributed by atoms with E-state index in [-0.39, 0.29) is 23.6 Å². The Hall–Kier alpha value is -2.63. The number of fused-ring (bicyclic) bond motifs is 1. The fourth-order valence-electron chi connectivity index (χ4n) is 2.63. The summed E-state index contributed by atoms with van der Waals surface area (Å²) in [6, 6.07) is 8.24. The van der Waals surface area contributed by atoms with E-state index in [1.54, 1.807) is 24.3 Å². The predicted molar refractivity (Wildman–Crippen MR) is 76.2 cm³/mol. The van der Waals surface area contributed by atoms with Gasteiger partial charge in [0.05, 0.1) is 5.92 Å². The number of rotatable bonds is 2. The highest BCUT2D eigenvalue weighted by atomic mass is 16.4. The lowest BCUT2D eigenvalue weighted by molar-refractivity contribution is -0.141. The van der Waals surface area contributed by atoms with Crippen molar-refractivity contribution in [2.45, 2.75) is 6.42 Å². The molecule has 6 nitrogen and oxygen atoms in total. The predicted octanol–water partition coefficient (Wildman–Crippen LogP) is 1.07. The van der Waals surface area contributed by atoms with E-state index in [4.69, 9.17) is 5.11 Å². The van der Waals surface area contributed by atoms with Crippen molar-refractivity contribution in [1.82, 2.24) is 9.88 Å². The van der Waals surface area contributed by atoms with Crippen molar-refractivity contribution in [2.75, 3.05) is 13.1 Å². The van der Waals surface area contributed by atoms with Crippen molar-refractivity contribution < 1.29 is 14.7 Å². The van der Waals surface area contributed by atoms with Crippen LogP contribution in [0.25, 0.3) is 10.9 Å². The fourth-order valence-corrected chi connectivity index (χ4v) is 2.63. The molecule has 1 aromatic heterocycles. The van der Waals surface area contributed by atoms with E-state index in [1.807, 2.05) is 0 Å². The van der Waals surface area contributed by atoms with Gasteiger partial charge in [-0.2, -0.15) is 0 Å². The molecule has 3 rings (SSSR count). The zero-order chi connectivity index (χ0) is 15.0. The van der Waals surface area contributed by atoms with Gasteiger partial charge in [-0.15, -0.1) is 0 Å². The molecule has 1 atom stereocenters. The van der Waals surface area contributed by atoms with Gasteiger partial charge in [-0.05, 0) is 18.6 Å². The Balaban J connectivity index is 1.92. The first-order valence-corrected chi connectivity index (χ1v) is 6.70. The second-order valence-corrected chi connectivity index (χ2v) is 5.17. The Morgan fingerprint density at radius 3 is 2.76 bits per heavy atom. The van der Waals surface area contributed by atoms with Crippen LogP contribution in [0.1, 0.15) is 16.9 Å². The number of likely N-dealkylation sites (tertiary alicyclic amines) is 1. The molecule has 1 saturated heterocycles. The first kappa shape index (κ1) is 13.4. The molecule has 0 radical (unpaired) electrons. The van der Waals surface area contributed by atoms with Crippen molar-refractivity contribution in [3.05, 3.63) is 46.2 Å². The van der Waals surface area contributed by atoms with E-state index in [1.165, 1.54) is 11.0 Å². The number of H-pyrrole nitrogens is 1. The summed E-state index contributed by atoms with van der Waals surface area (Å²) in [6.07, 6.45) is 0.443. The summed E-state index contributed by atoms with van der Waals surface area (Å²) in [5.74, 6) is -1.75. The van der Waals surface area contributed by atoms with Crippen molar-refractivity contribution >= 4 is 22.8 Å². The number of carbonyl (C=O) groups is 2. The average Bonchev–Trinajstić information content (AvgIpc) is 2.96. The Bertz CT molecular complexity index is 781. The Kier molecular flexibility index (Phi) is 3.21. The normalized spacial score (nSPS) is 18.1. The zero-order valence-corrected chi connectivity index (χ0v) is 11.2. The SMILES string of the molecule is O=C(O)C1CCN(C(=O)c2cc(=O)c3ccccc3[nH]2)C1. The number of hydrogen-bond acceptors (Lipinski definition) is 3. The standard InChI is InChI=1S/C15H14N2O4/c18-13-7-12(16-11-4-2-1-3-10(11)13)14(19)17-6-5-9(8-17)15(20)21/h1-4,7,9H,5-6,8H2,(H,16,18)(H,20,21). The van der Waals surface area contributed by atoms with Crippen LogP contribution in [-0.2, 0) is 4.79 Å². The first-order chi connectivity index (χ1) is 10.1. The fraction of sp³-hybridized carbons (Fsp3) is 0.267. The third-order valence-corrected chi connectivity index (χ3v) is 3.79. The Morgan fingerprint density at radius 1 is 1.29 bits per heavy atom. The number of amides is 1. The highest BCUT2D eigenvalue weighted by molar-refractivity contribution is 5.95.